The first-order valence-corrected chi connectivity index (χ1v) is 8.55. The van der Waals surface area contributed by atoms with Gasteiger partial charge < -0.3 is 0 Å². The zero-order valence-corrected chi connectivity index (χ0v) is 14.2. The van der Waals surface area contributed by atoms with Crippen LogP contribution < -0.4 is 0 Å². The van der Waals surface area contributed by atoms with E-state index in [1.165, 1.54) is 30.9 Å². The molecule has 25 heavy (non-hydrogen) atoms. The summed E-state index contributed by atoms with van der Waals surface area (Å²) in [4.78, 5) is 0. The maximum absolute atomic E-state index is 14.2. The van der Waals surface area contributed by atoms with Gasteiger partial charge in [-0.15, -0.1) is 0 Å². The molecular weight excluding hydrogens is 316 g/mol. The Morgan fingerprint density at radius 3 is 2.32 bits per heavy atom. The minimum Gasteiger partial charge on any atom is -0.205 e. The molecule has 3 rings (SSSR count). The van der Waals surface area contributed by atoms with Gasteiger partial charge in [0.25, 0.3) is 0 Å². The van der Waals surface area contributed by atoms with Gasteiger partial charge in [0, 0.05) is 5.39 Å². The van der Waals surface area contributed by atoms with Crippen LogP contribution in [-0.2, 0) is 6.42 Å². The number of halogens is 2. The fourth-order valence-corrected chi connectivity index (χ4v) is 3.06. The second-order valence-corrected chi connectivity index (χ2v) is 6.25. The second kappa shape index (κ2) is 7.44. The molecule has 0 bridgehead atoms. The first-order valence-electron chi connectivity index (χ1n) is 8.55. The summed E-state index contributed by atoms with van der Waals surface area (Å²) >= 11 is 0. The van der Waals surface area contributed by atoms with Crippen LogP contribution in [0, 0.1) is 23.0 Å². The number of nitriles is 1. The fraction of sp³-hybridized carbons (Fsp3) is 0.227. The van der Waals surface area contributed by atoms with E-state index < -0.39 is 17.2 Å². The molecule has 0 aliphatic rings. The third kappa shape index (κ3) is 3.53. The number of hydrogen-bond acceptors (Lipinski definition) is 1. The summed E-state index contributed by atoms with van der Waals surface area (Å²) in [6, 6.07) is 16.3. The number of rotatable bonds is 5. The highest BCUT2D eigenvalue weighted by molar-refractivity contribution is 5.89. The van der Waals surface area contributed by atoms with E-state index in [0.29, 0.717) is 5.39 Å². The zero-order valence-electron chi connectivity index (χ0n) is 14.2. The summed E-state index contributed by atoms with van der Waals surface area (Å²) in [6.07, 6.45) is 4.69. The first kappa shape index (κ1) is 17.1. The zero-order chi connectivity index (χ0) is 17.8. The molecule has 0 atom stereocenters. The van der Waals surface area contributed by atoms with Crippen LogP contribution in [0.2, 0.25) is 0 Å². The quantitative estimate of drug-likeness (QED) is 0.496. The molecule has 3 heteroatoms. The normalized spacial score (nSPS) is 10.8. The molecule has 0 unspecified atom stereocenters. The maximum atomic E-state index is 14.2. The predicted octanol–water partition coefficient (Wildman–Crippen LogP) is 6.39. The Morgan fingerprint density at radius 1 is 0.920 bits per heavy atom. The Bertz CT molecular complexity index is 937. The summed E-state index contributed by atoms with van der Waals surface area (Å²) < 4.78 is 28.1. The molecule has 0 heterocycles. The van der Waals surface area contributed by atoms with Crippen molar-refractivity contribution in [2.24, 2.45) is 0 Å². The Balaban J connectivity index is 1.93. The molecule has 0 radical (unpaired) electrons. The van der Waals surface area contributed by atoms with Gasteiger partial charge in [-0.05, 0) is 47.1 Å². The SMILES string of the molecule is CCCCCc1ccc(-c2ccc3c(F)c(C#N)c(F)cc3c2)cc1. The highest BCUT2D eigenvalue weighted by Gasteiger charge is 2.13. The summed E-state index contributed by atoms with van der Waals surface area (Å²) in [5, 5.41) is 9.58. The largest absolute Gasteiger partial charge is 0.205 e. The van der Waals surface area contributed by atoms with E-state index in [1.54, 1.807) is 24.3 Å². The van der Waals surface area contributed by atoms with Crippen LogP contribution >= 0.6 is 0 Å². The average molecular weight is 335 g/mol. The predicted molar refractivity (Wildman–Crippen MR) is 97.2 cm³/mol. The van der Waals surface area contributed by atoms with E-state index in [4.69, 9.17) is 5.26 Å². The van der Waals surface area contributed by atoms with E-state index >= 15 is 0 Å². The number of unbranched alkanes of at least 4 members (excludes halogenated alkanes) is 2. The Hall–Kier alpha value is -2.73. The molecule has 0 aliphatic carbocycles. The summed E-state index contributed by atoms with van der Waals surface area (Å²) in [5.41, 5.74) is 2.67. The van der Waals surface area contributed by atoms with Crippen molar-refractivity contribution in [1.82, 2.24) is 0 Å². The minimum atomic E-state index is -0.823. The molecule has 126 valence electrons. The third-order valence-electron chi connectivity index (χ3n) is 4.50. The van der Waals surface area contributed by atoms with Crippen LogP contribution in [0.25, 0.3) is 21.9 Å². The van der Waals surface area contributed by atoms with Crippen molar-refractivity contribution in [3.05, 3.63) is 71.3 Å². The van der Waals surface area contributed by atoms with Gasteiger partial charge in [0.2, 0.25) is 0 Å². The highest BCUT2D eigenvalue weighted by atomic mass is 19.1. The molecule has 0 N–H and O–H groups in total. The van der Waals surface area contributed by atoms with Crippen molar-refractivity contribution in [1.29, 1.82) is 5.26 Å². The van der Waals surface area contributed by atoms with Gasteiger partial charge >= 0.3 is 0 Å². The average Bonchev–Trinajstić information content (AvgIpc) is 2.62. The van der Waals surface area contributed by atoms with Crippen molar-refractivity contribution in [3.63, 3.8) is 0 Å². The topological polar surface area (TPSA) is 23.8 Å². The lowest BCUT2D eigenvalue weighted by molar-refractivity contribution is 0.585. The number of aryl methyl sites for hydroxylation is 1. The third-order valence-corrected chi connectivity index (χ3v) is 4.50. The second-order valence-electron chi connectivity index (χ2n) is 6.25. The molecule has 0 aromatic heterocycles. The molecule has 0 aliphatic heterocycles. The first-order chi connectivity index (χ1) is 12.1. The maximum Gasteiger partial charge on any atom is 0.151 e. The van der Waals surface area contributed by atoms with Crippen LogP contribution in [0.3, 0.4) is 0 Å². The van der Waals surface area contributed by atoms with E-state index in [1.807, 2.05) is 12.1 Å². The van der Waals surface area contributed by atoms with Crippen LogP contribution in [0.4, 0.5) is 8.78 Å². The monoisotopic (exact) mass is 335 g/mol. The summed E-state index contributed by atoms with van der Waals surface area (Å²) in [5.74, 6) is -1.62. The van der Waals surface area contributed by atoms with Crippen molar-refractivity contribution < 1.29 is 8.78 Å². The molecule has 3 aromatic carbocycles. The molecule has 0 saturated heterocycles. The van der Waals surface area contributed by atoms with Crippen molar-refractivity contribution in [2.75, 3.05) is 0 Å². The Labute approximate surface area is 146 Å². The Kier molecular flexibility index (Phi) is 5.09. The van der Waals surface area contributed by atoms with E-state index in [-0.39, 0.29) is 5.39 Å². The van der Waals surface area contributed by atoms with Gasteiger partial charge in [-0.1, -0.05) is 56.2 Å². The molecule has 3 aromatic rings. The molecule has 0 saturated carbocycles. The number of nitrogens with zero attached hydrogens (tertiary/aromatic N) is 1. The van der Waals surface area contributed by atoms with Gasteiger partial charge in [-0.2, -0.15) is 5.26 Å². The van der Waals surface area contributed by atoms with Gasteiger partial charge in [0.15, 0.2) is 5.82 Å². The van der Waals surface area contributed by atoms with Gasteiger partial charge in [0.05, 0.1) is 0 Å². The molecule has 1 nitrogen and oxygen atoms in total. The summed E-state index contributed by atoms with van der Waals surface area (Å²) in [6.45, 7) is 2.19. The van der Waals surface area contributed by atoms with E-state index in [0.717, 1.165) is 17.5 Å². The molecule has 0 amide bonds. The van der Waals surface area contributed by atoms with Crippen molar-refractivity contribution >= 4 is 10.8 Å². The van der Waals surface area contributed by atoms with E-state index in [2.05, 4.69) is 19.1 Å². The molecule has 0 spiro atoms. The van der Waals surface area contributed by atoms with Crippen molar-refractivity contribution in [2.45, 2.75) is 32.6 Å². The van der Waals surface area contributed by atoms with Crippen LogP contribution in [-0.4, -0.2) is 0 Å². The smallest absolute Gasteiger partial charge is 0.151 e. The fourth-order valence-electron chi connectivity index (χ4n) is 3.06. The van der Waals surface area contributed by atoms with E-state index in [9.17, 15) is 8.78 Å². The highest BCUT2D eigenvalue weighted by Crippen LogP contribution is 2.29. The van der Waals surface area contributed by atoms with Crippen LogP contribution in [0.15, 0.2) is 48.5 Å². The number of fused-ring (bicyclic) bond motifs is 1. The molecule has 0 fully saturated rings. The molecular formula is C22H19F2N. The summed E-state index contributed by atoms with van der Waals surface area (Å²) in [7, 11) is 0. The standard InChI is InChI=1S/C22H19F2N/c1-2-3-4-5-15-6-8-16(9-7-15)17-10-11-19-18(12-17)13-21(23)20(14-25)22(19)24/h6-13H,2-5H2,1H3. The lowest BCUT2D eigenvalue weighted by atomic mass is 9.98. The van der Waals surface area contributed by atoms with Gasteiger partial charge in [0.1, 0.15) is 17.4 Å². The van der Waals surface area contributed by atoms with Gasteiger partial charge in [-0.3, -0.25) is 0 Å². The Morgan fingerprint density at radius 2 is 1.64 bits per heavy atom. The minimum absolute atomic E-state index is 0.262. The van der Waals surface area contributed by atoms with Crippen LogP contribution in [0.5, 0.6) is 0 Å². The number of benzene rings is 3. The lowest BCUT2D eigenvalue weighted by Gasteiger charge is -2.08. The van der Waals surface area contributed by atoms with Crippen molar-refractivity contribution in [3.8, 4) is 17.2 Å². The van der Waals surface area contributed by atoms with Crippen LogP contribution in [0.1, 0.15) is 37.3 Å². The number of hydrogen-bond donors (Lipinski definition) is 0. The van der Waals surface area contributed by atoms with Gasteiger partial charge in [-0.25, -0.2) is 8.78 Å². The lowest BCUT2D eigenvalue weighted by Crippen LogP contribution is -1.92.